The lowest BCUT2D eigenvalue weighted by molar-refractivity contribution is -0.274. The summed E-state index contributed by atoms with van der Waals surface area (Å²) in [5.41, 5.74) is 0. The Balaban J connectivity index is 2.67. The third-order valence-electron chi connectivity index (χ3n) is 1.88. The number of nitrogens with zero attached hydrogens (tertiary/aromatic N) is 2. The first-order valence-electron chi connectivity index (χ1n) is 4.89. The summed E-state index contributed by atoms with van der Waals surface area (Å²) in [5.74, 6) is 0.0899. The molecule has 0 saturated heterocycles. The monoisotopic (exact) mass is 250 g/mol. The first kappa shape index (κ1) is 13.6. The number of rotatable bonds is 4. The number of halogens is 3. The van der Waals surface area contributed by atoms with Crippen LogP contribution in [0.25, 0.3) is 0 Å². The lowest BCUT2D eigenvalue weighted by Gasteiger charge is -2.19. The predicted octanol–water partition coefficient (Wildman–Crippen LogP) is 1.80. The lowest BCUT2D eigenvalue weighted by atomic mass is 10.3. The van der Waals surface area contributed by atoms with Gasteiger partial charge in [-0.2, -0.15) is 0 Å². The van der Waals surface area contributed by atoms with Gasteiger partial charge in [0.2, 0.25) is 0 Å². The van der Waals surface area contributed by atoms with Crippen LogP contribution >= 0.6 is 0 Å². The highest BCUT2D eigenvalue weighted by Gasteiger charge is 2.31. The van der Waals surface area contributed by atoms with E-state index in [-0.39, 0.29) is 5.75 Å². The maximum atomic E-state index is 11.9. The standard InChI is InChI=1S/C10H13F3N2O2/c1-7(16)6-15(2)9-4-3-8(5-14-9)17-10(11,12)13/h3-5,7,16H,6H2,1-2H3. The Morgan fingerprint density at radius 1 is 1.47 bits per heavy atom. The summed E-state index contributed by atoms with van der Waals surface area (Å²) in [6.07, 6.45) is -4.27. The number of aliphatic hydroxyl groups excluding tert-OH is 1. The number of ether oxygens (including phenoxy) is 1. The van der Waals surface area contributed by atoms with Crippen molar-refractivity contribution in [2.45, 2.75) is 19.4 Å². The molecule has 0 amide bonds. The summed E-state index contributed by atoms with van der Waals surface area (Å²) in [6, 6.07) is 2.57. The van der Waals surface area contributed by atoms with Gasteiger partial charge in [-0.3, -0.25) is 0 Å². The zero-order valence-corrected chi connectivity index (χ0v) is 9.40. The van der Waals surface area contributed by atoms with Gasteiger partial charge >= 0.3 is 6.36 Å². The molecule has 0 aliphatic heterocycles. The summed E-state index contributed by atoms with van der Waals surface area (Å²) >= 11 is 0. The van der Waals surface area contributed by atoms with Crippen molar-refractivity contribution in [2.75, 3.05) is 18.5 Å². The second-order valence-corrected chi connectivity index (χ2v) is 3.63. The SMILES string of the molecule is CC(O)CN(C)c1ccc(OC(F)(F)F)cn1. The molecule has 7 heteroatoms. The minimum Gasteiger partial charge on any atom is -0.404 e. The zero-order valence-electron chi connectivity index (χ0n) is 9.40. The second kappa shape index (κ2) is 5.22. The van der Waals surface area contributed by atoms with E-state index in [4.69, 9.17) is 5.11 Å². The van der Waals surface area contributed by atoms with Crippen molar-refractivity contribution in [1.29, 1.82) is 0 Å². The summed E-state index contributed by atoms with van der Waals surface area (Å²) in [4.78, 5) is 5.43. The number of pyridine rings is 1. The Bertz CT molecular complexity index is 352. The van der Waals surface area contributed by atoms with Crippen molar-refractivity contribution in [3.05, 3.63) is 18.3 Å². The second-order valence-electron chi connectivity index (χ2n) is 3.63. The average molecular weight is 250 g/mol. The largest absolute Gasteiger partial charge is 0.573 e. The van der Waals surface area contributed by atoms with E-state index >= 15 is 0 Å². The molecule has 17 heavy (non-hydrogen) atoms. The van der Waals surface area contributed by atoms with E-state index in [0.29, 0.717) is 12.4 Å². The summed E-state index contributed by atoms with van der Waals surface area (Å²) in [6.45, 7) is 1.95. The number of anilines is 1. The maximum Gasteiger partial charge on any atom is 0.573 e. The highest BCUT2D eigenvalue weighted by atomic mass is 19.4. The van der Waals surface area contributed by atoms with Crippen LogP contribution in [0.2, 0.25) is 0 Å². The highest BCUT2D eigenvalue weighted by molar-refractivity contribution is 5.40. The molecule has 0 aliphatic carbocycles. The first-order chi connectivity index (χ1) is 7.78. The van der Waals surface area contributed by atoms with Crippen LogP contribution in [-0.4, -0.2) is 36.1 Å². The number of alkyl halides is 3. The van der Waals surface area contributed by atoms with Gasteiger partial charge < -0.3 is 14.7 Å². The number of hydrogen-bond donors (Lipinski definition) is 1. The van der Waals surface area contributed by atoms with Crippen molar-refractivity contribution >= 4 is 5.82 Å². The van der Waals surface area contributed by atoms with E-state index in [0.717, 1.165) is 6.20 Å². The quantitative estimate of drug-likeness (QED) is 0.885. The molecule has 4 nitrogen and oxygen atoms in total. The van der Waals surface area contributed by atoms with Gasteiger partial charge in [-0.1, -0.05) is 0 Å². The molecule has 1 rings (SSSR count). The molecule has 1 N–H and O–H groups in total. The Morgan fingerprint density at radius 2 is 2.12 bits per heavy atom. The van der Waals surface area contributed by atoms with Gasteiger partial charge in [0.25, 0.3) is 0 Å². The molecule has 1 aromatic rings. The molecule has 0 bridgehead atoms. The van der Waals surface area contributed by atoms with Gasteiger partial charge in [0, 0.05) is 13.6 Å². The van der Waals surface area contributed by atoms with E-state index in [2.05, 4.69) is 9.72 Å². The van der Waals surface area contributed by atoms with E-state index in [1.165, 1.54) is 12.1 Å². The summed E-state index contributed by atoms with van der Waals surface area (Å²) in [7, 11) is 1.68. The van der Waals surface area contributed by atoms with E-state index in [1.807, 2.05) is 0 Å². The molecule has 1 heterocycles. The van der Waals surface area contributed by atoms with Gasteiger partial charge in [-0.05, 0) is 19.1 Å². The van der Waals surface area contributed by atoms with Crippen LogP contribution < -0.4 is 9.64 Å². The maximum absolute atomic E-state index is 11.9. The number of hydrogen-bond acceptors (Lipinski definition) is 4. The minimum absolute atomic E-state index is 0.340. The van der Waals surface area contributed by atoms with Gasteiger partial charge in [0.1, 0.15) is 11.6 Å². The third-order valence-corrected chi connectivity index (χ3v) is 1.88. The molecule has 1 atom stereocenters. The van der Waals surface area contributed by atoms with Gasteiger partial charge in [-0.15, -0.1) is 13.2 Å². The van der Waals surface area contributed by atoms with Crippen LogP contribution in [0, 0.1) is 0 Å². The summed E-state index contributed by atoms with van der Waals surface area (Å²) < 4.78 is 39.3. The molecule has 1 aromatic heterocycles. The van der Waals surface area contributed by atoms with Gasteiger partial charge in [0.05, 0.1) is 12.3 Å². The molecule has 0 fully saturated rings. The van der Waals surface area contributed by atoms with Gasteiger partial charge in [0.15, 0.2) is 0 Å². The van der Waals surface area contributed by atoms with Crippen molar-refractivity contribution in [3.8, 4) is 5.75 Å². The van der Waals surface area contributed by atoms with Crippen LogP contribution in [0.1, 0.15) is 6.92 Å². The predicted molar refractivity (Wildman–Crippen MR) is 55.9 cm³/mol. The first-order valence-corrected chi connectivity index (χ1v) is 4.89. The van der Waals surface area contributed by atoms with Crippen LogP contribution in [-0.2, 0) is 0 Å². The molecule has 1 unspecified atom stereocenters. The number of aliphatic hydroxyl groups is 1. The molecule has 0 aromatic carbocycles. The smallest absolute Gasteiger partial charge is 0.404 e. The fraction of sp³-hybridized carbons (Fsp3) is 0.500. The van der Waals surface area contributed by atoms with Gasteiger partial charge in [-0.25, -0.2) is 4.98 Å². The molecule has 96 valence electrons. The topological polar surface area (TPSA) is 45.6 Å². The lowest BCUT2D eigenvalue weighted by Crippen LogP contribution is -2.27. The van der Waals surface area contributed by atoms with Crippen LogP contribution in [0.15, 0.2) is 18.3 Å². The van der Waals surface area contributed by atoms with E-state index in [9.17, 15) is 13.2 Å². The molecule has 0 saturated carbocycles. The Hall–Kier alpha value is -1.50. The Kier molecular flexibility index (Phi) is 4.17. The third kappa shape index (κ3) is 4.90. The van der Waals surface area contributed by atoms with Crippen molar-refractivity contribution in [3.63, 3.8) is 0 Å². The van der Waals surface area contributed by atoms with Crippen LogP contribution in [0.4, 0.5) is 19.0 Å². The van der Waals surface area contributed by atoms with Crippen molar-refractivity contribution in [2.24, 2.45) is 0 Å². The Morgan fingerprint density at radius 3 is 2.53 bits per heavy atom. The van der Waals surface area contributed by atoms with Crippen LogP contribution in [0.5, 0.6) is 5.75 Å². The molecular weight excluding hydrogens is 237 g/mol. The van der Waals surface area contributed by atoms with Crippen molar-refractivity contribution in [1.82, 2.24) is 4.98 Å². The molecule has 0 spiro atoms. The normalized spacial score (nSPS) is 13.3. The minimum atomic E-state index is -4.71. The zero-order chi connectivity index (χ0) is 13.1. The fourth-order valence-corrected chi connectivity index (χ4v) is 1.28. The average Bonchev–Trinajstić information content (AvgIpc) is 2.15. The van der Waals surface area contributed by atoms with Crippen LogP contribution in [0.3, 0.4) is 0 Å². The Labute approximate surface area is 96.6 Å². The summed E-state index contributed by atoms with van der Waals surface area (Å²) in [5, 5.41) is 9.15. The molecule has 0 aliphatic rings. The van der Waals surface area contributed by atoms with E-state index < -0.39 is 12.5 Å². The number of aromatic nitrogens is 1. The fourth-order valence-electron chi connectivity index (χ4n) is 1.28. The molecular formula is C10H13F3N2O2. The number of likely N-dealkylation sites (N-methyl/N-ethyl adjacent to an activating group) is 1. The van der Waals surface area contributed by atoms with Crippen molar-refractivity contribution < 1.29 is 23.0 Å². The van der Waals surface area contributed by atoms with E-state index in [1.54, 1.807) is 18.9 Å². The molecule has 0 radical (unpaired) electrons. The highest BCUT2D eigenvalue weighted by Crippen LogP contribution is 2.23.